The summed E-state index contributed by atoms with van der Waals surface area (Å²) in [5, 5.41) is 11.9. The van der Waals surface area contributed by atoms with Gasteiger partial charge in [0.1, 0.15) is 5.75 Å². The van der Waals surface area contributed by atoms with Crippen molar-refractivity contribution in [3.63, 3.8) is 0 Å². The summed E-state index contributed by atoms with van der Waals surface area (Å²) in [5.41, 5.74) is 1.27. The number of ether oxygens (including phenoxy) is 1. The smallest absolute Gasteiger partial charge is 0.119 e. The Labute approximate surface area is 110 Å². The largest absolute Gasteiger partial charge is 0.494 e. The van der Waals surface area contributed by atoms with E-state index in [0.29, 0.717) is 12.6 Å². The first-order valence-corrected chi connectivity index (χ1v) is 6.79. The zero-order valence-corrected chi connectivity index (χ0v) is 11.5. The molecule has 18 heavy (non-hydrogen) atoms. The Balaban J connectivity index is 2.22. The van der Waals surface area contributed by atoms with Gasteiger partial charge in [-0.25, -0.2) is 0 Å². The van der Waals surface area contributed by atoms with Crippen molar-refractivity contribution >= 4 is 0 Å². The van der Waals surface area contributed by atoms with Gasteiger partial charge >= 0.3 is 0 Å². The van der Waals surface area contributed by atoms with Crippen LogP contribution in [0.3, 0.4) is 0 Å². The van der Waals surface area contributed by atoms with Gasteiger partial charge in [0.25, 0.3) is 0 Å². The zero-order valence-electron chi connectivity index (χ0n) is 11.5. The van der Waals surface area contributed by atoms with Crippen LogP contribution in [0.1, 0.15) is 44.2 Å². The molecule has 0 aliphatic rings. The molecule has 0 amide bonds. The molecule has 0 fully saturated rings. The maximum atomic E-state index is 8.66. The highest BCUT2D eigenvalue weighted by molar-refractivity contribution is 5.28. The molecule has 0 spiro atoms. The molecule has 3 heteroatoms. The second-order valence-corrected chi connectivity index (χ2v) is 4.57. The fourth-order valence-electron chi connectivity index (χ4n) is 1.78. The summed E-state index contributed by atoms with van der Waals surface area (Å²) in [6.07, 6.45) is 4.15. The Kier molecular flexibility index (Phi) is 7.46. The van der Waals surface area contributed by atoms with Crippen molar-refractivity contribution in [1.82, 2.24) is 5.32 Å². The van der Waals surface area contributed by atoms with Gasteiger partial charge in [-0.15, -0.1) is 0 Å². The molecule has 0 radical (unpaired) electrons. The third-order valence-electron chi connectivity index (χ3n) is 3.13. The second-order valence-electron chi connectivity index (χ2n) is 4.57. The SMILES string of the molecule is CNC(C)c1ccc(OCCCCCCO)cc1. The van der Waals surface area contributed by atoms with Crippen LogP contribution in [0.2, 0.25) is 0 Å². The van der Waals surface area contributed by atoms with E-state index in [4.69, 9.17) is 9.84 Å². The maximum absolute atomic E-state index is 8.66. The van der Waals surface area contributed by atoms with E-state index >= 15 is 0 Å². The third kappa shape index (κ3) is 5.52. The monoisotopic (exact) mass is 251 g/mol. The first-order valence-electron chi connectivity index (χ1n) is 6.79. The third-order valence-corrected chi connectivity index (χ3v) is 3.13. The molecule has 0 aliphatic heterocycles. The highest BCUT2D eigenvalue weighted by Gasteiger charge is 2.01. The number of rotatable bonds is 9. The summed E-state index contributed by atoms with van der Waals surface area (Å²) in [5.74, 6) is 0.934. The van der Waals surface area contributed by atoms with Crippen molar-refractivity contribution < 1.29 is 9.84 Å². The summed E-state index contributed by atoms with van der Waals surface area (Å²) in [6.45, 7) is 3.19. The number of hydrogen-bond acceptors (Lipinski definition) is 3. The van der Waals surface area contributed by atoms with E-state index in [9.17, 15) is 0 Å². The molecule has 102 valence electrons. The van der Waals surface area contributed by atoms with E-state index in [1.165, 1.54) is 5.56 Å². The quantitative estimate of drug-likeness (QED) is 0.663. The molecule has 0 aromatic heterocycles. The highest BCUT2D eigenvalue weighted by Crippen LogP contribution is 2.17. The molecule has 1 unspecified atom stereocenters. The van der Waals surface area contributed by atoms with Crippen LogP contribution in [0.5, 0.6) is 5.75 Å². The zero-order chi connectivity index (χ0) is 13.2. The molecule has 1 aromatic carbocycles. The van der Waals surface area contributed by atoms with Crippen LogP contribution in [-0.4, -0.2) is 25.4 Å². The summed E-state index contributed by atoms with van der Waals surface area (Å²) in [6, 6.07) is 8.62. The van der Waals surface area contributed by atoms with Crippen LogP contribution in [-0.2, 0) is 0 Å². The minimum atomic E-state index is 0.298. The lowest BCUT2D eigenvalue weighted by Gasteiger charge is -2.11. The van der Waals surface area contributed by atoms with E-state index in [-0.39, 0.29) is 0 Å². The number of hydrogen-bond donors (Lipinski definition) is 2. The van der Waals surface area contributed by atoms with Crippen molar-refractivity contribution in [2.75, 3.05) is 20.3 Å². The molecule has 0 aliphatic carbocycles. The van der Waals surface area contributed by atoms with Gasteiger partial charge in [-0.05, 0) is 50.9 Å². The Morgan fingerprint density at radius 2 is 1.78 bits per heavy atom. The number of nitrogens with one attached hydrogen (secondary N) is 1. The van der Waals surface area contributed by atoms with Gasteiger partial charge in [-0.2, -0.15) is 0 Å². The average molecular weight is 251 g/mol. The van der Waals surface area contributed by atoms with E-state index < -0.39 is 0 Å². The topological polar surface area (TPSA) is 41.5 Å². The first kappa shape index (κ1) is 15.0. The number of aliphatic hydroxyl groups excluding tert-OH is 1. The fourth-order valence-corrected chi connectivity index (χ4v) is 1.78. The van der Waals surface area contributed by atoms with Crippen LogP contribution in [0.25, 0.3) is 0 Å². The van der Waals surface area contributed by atoms with Crippen LogP contribution in [0, 0.1) is 0 Å². The van der Waals surface area contributed by atoms with Crippen LogP contribution in [0.4, 0.5) is 0 Å². The molecule has 0 heterocycles. The Bertz CT molecular complexity index is 311. The molecule has 1 rings (SSSR count). The maximum Gasteiger partial charge on any atom is 0.119 e. The van der Waals surface area contributed by atoms with Crippen LogP contribution < -0.4 is 10.1 Å². The second kappa shape index (κ2) is 8.95. The molecule has 0 bridgehead atoms. The van der Waals surface area contributed by atoms with Gasteiger partial charge in [-0.3, -0.25) is 0 Å². The lowest BCUT2D eigenvalue weighted by atomic mass is 10.1. The fraction of sp³-hybridized carbons (Fsp3) is 0.600. The minimum Gasteiger partial charge on any atom is -0.494 e. The minimum absolute atomic E-state index is 0.298. The lowest BCUT2D eigenvalue weighted by Crippen LogP contribution is -2.11. The van der Waals surface area contributed by atoms with Crippen molar-refractivity contribution in [3.05, 3.63) is 29.8 Å². The molecular formula is C15H25NO2. The number of aliphatic hydroxyl groups is 1. The normalized spacial score (nSPS) is 12.4. The average Bonchev–Trinajstić information content (AvgIpc) is 2.42. The molecular weight excluding hydrogens is 226 g/mol. The van der Waals surface area contributed by atoms with E-state index in [0.717, 1.165) is 38.0 Å². The first-order chi connectivity index (χ1) is 8.77. The summed E-state index contributed by atoms with van der Waals surface area (Å²) in [7, 11) is 1.96. The Morgan fingerprint density at radius 3 is 2.39 bits per heavy atom. The molecule has 0 saturated heterocycles. The number of unbranched alkanes of at least 4 members (excludes halogenated alkanes) is 3. The predicted octanol–water partition coefficient (Wildman–Crippen LogP) is 2.90. The van der Waals surface area contributed by atoms with E-state index in [1.54, 1.807) is 0 Å². The molecule has 0 saturated carbocycles. The van der Waals surface area contributed by atoms with Crippen molar-refractivity contribution in [1.29, 1.82) is 0 Å². The predicted molar refractivity (Wildman–Crippen MR) is 75.0 cm³/mol. The van der Waals surface area contributed by atoms with E-state index in [2.05, 4.69) is 24.4 Å². The Morgan fingerprint density at radius 1 is 1.11 bits per heavy atom. The van der Waals surface area contributed by atoms with Crippen LogP contribution in [0.15, 0.2) is 24.3 Å². The van der Waals surface area contributed by atoms with Gasteiger partial charge in [0.05, 0.1) is 6.61 Å². The van der Waals surface area contributed by atoms with E-state index in [1.807, 2.05) is 19.2 Å². The Hall–Kier alpha value is -1.06. The molecule has 1 aromatic rings. The standard InChI is InChI=1S/C15H25NO2/c1-13(16-2)14-7-9-15(10-8-14)18-12-6-4-3-5-11-17/h7-10,13,16-17H,3-6,11-12H2,1-2H3. The van der Waals surface area contributed by atoms with Crippen molar-refractivity contribution in [2.45, 2.75) is 38.6 Å². The summed E-state index contributed by atoms with van der Waals surface area (Å²) in [4.78, 5) is 0. The van der Waals surface area contributed by atoms with Crippen molar-refractivity contribution in [2.24, 2.45) is 0 Å². The summed E-state index contributed by atoms with van der Waals surface area (Å²) >= 11 is 0. The molecule has 3 nitrogen and oxygen atoms in total. The van der Waals surface area contributed by atoms with Crippen LogP contribution >= 0.6 is 0 Å². The van der Waals surface area contributed by atoms with Gasteiger partial charge in [0, 0.05) is 12.6 Å². The van der Waals surface area contributed by atoms with Gasteiger partial charge in [0.15, 0.2) is 0 Å². The van der Waals surface area contributed by atoms with Gasteiger partial charge in [0.2, 0.25) is 0 Å². The number of benzene rings is 1. The summed E-state index contributed by atoms with van der Waals surface area (Å²) < 4.78 is 5.67. The highest BCUT2D eigenvalue weighted by atomic mass is 16.5. The molecule has 2 N–H and O–H groups in total. The van der Waals surface area contributed by atoms with Gasteiger partial charge < -0.3 is 15.2 Å². The van der Waals surface area contributed by atoms with Crippen molar-refractivity contribution in [3.8, 4) is 5.75 Å². The lowest BCUT2D eigenvalue weighted by molar-refractivity contribution is 0.273. The molecule has 1 atom stereocenters. The van der Waals surface area contributed by atoms with Gasteiger partial charge in [-0.1, -0.05) is 18.6 Å².